The van der Waals surface area contributed by atoms with Crippen LogP contribution in [0.1, 0.15) is 22.8 Å². The lowest BCUT2D eigenvalue weighted by Crippen LogP contribution is -2.06. The van der Waals surface area contributed by atoms with Crippen molar-refractivity contribution in [2.24, 2.45) is 0 Å². The minimum atomic E-state index is -4.47. The van der Waals surface area contributed by atoms with Gasteiger partial charge in [-0.1, -0.05) is 28.1 Å². The molecule has 0 atom stereocenters. The highest BCUT2D eigenvalue weighted by molar-refractivity contribution is 9.10. The van der Waals surface area contributed by atoms with E-state index < -0.39 is 11.7 Å². The van der Waals surface area contributed by atoms with Crippen molar-refractivity contribution in [1.29, 1.82) is 0 Å². The third-order valence-corrected chi connectivity index (χ3v) is 3.90. The number of alkyl halides is 3. The summed E-state index contributed by atoms with van der Waals surface area (Å²) in [4.78, 5) is 12.0. The van der Waals surface area contributed by atoms with Crippen molar-refractivity contribution in [1.82, 2.24) is 9.61 Å². The van der Waals surface area contributed by atoms with Crippen molar-refractivity contribution < 1.29 is 18.0 Å². The Balaban J connectivity index is 2.29. The van der Waals surface area contributed by atoms with Gasteiger partial charge >= 0.3 is 6.18 Å². The van der Waals surface area contributed by atoms with E-state index in [2.05, 4.69) is 21.0 Å². The van der Waals surface area contributed by atoms with Crippen molar-refractivity contribution in [3.8, 4) is 11.3 Å². The van der Waals surface area contributed by atoms with Gasteiger partial charge in [0.05, 0.1) is 16.6 Å². The maximum atomic E-state index is 12.8. The molecule has 0 aliphatic carbocycles. The van der Waals surface area contributed by atoms with E-state index in [0.717, 1.165) is 21.3 Å². The highest BCUT2D eigenvalue weighted by atomic mass is 79.9. The van der Waals surface area contributed by atoms with Crippen molar-refractivity contribution in [3.63, 3.8) is 0 Å². The molecule has 0 radical (unpaired) electrons. The van der Waals surface area contributed by atoms with Crippen molar-refractivity contribution in [2.75, 3.05) is 0 Å². The Morgan fingerprint density at radius 3 is 2.57 bits per heavy atom. The average molecular weight is 383 g/mol. The molecular weight excluding hydrogens is 373 g/mol. The van der Waals surface area contributed by atoms with Gasteiger partial charge in [-0.2, -0.15) is 18.3 Å². The summed E-state index contributed by atoms with van der Waals surface area (Å²) in [6, 6.07) is 9.33. The molecule has 2 heterocycles. The normalized spacial score (nSPS) is 11.9. The molecule has 0 unspecified atom stereocenters. The van der Waals surface area contributed by atoms with E-state index in [1.165, 1.54) is 13.0 Å². The highest BCUT2D eigenvalue weighted by Crippen LogP contribution is 2.32. The van der Waals surface area contributed by atoms with Crippen LogP contribution in [0.25, 0.3) is 16.8 Å². The first-order valence-electron chi connectivity index (χ1n) is 6.64. The van der Waals surface area contributed by atoms with Crippen molar-refractivity contribution >= 4 is 27.2 Å². The second-order valence-corrected chi connectivity index (χ2v) is 5.95. The first-order chi connectivity index (χ1) is 10.8. The van der Waals surface area contributed by atoms with Crippen molar-refractivity contribution in [3.05, 3.63) is 58.2 Å². The Bertz CT molecular complexity index is 915. The van der Waals surface area contributed by atoms with Crippen LogP contribution in [0, 0.1) is 0 Å². The molecule has 0 saturated carbocycles. The van der Waals surface area contributed by atoms with E-state index in [1.54, 1.807) is 18.2 Å². The van der Waals surface area contributed by atoms with Crippen LogP contribution in [-0.2, 0) is 6.18 Å². The van der Waals surface area contributed by atoms with Gasteiger partial charge in [0.25, 0.3) is 0 Å². The van der Waals surface area contributed by atoms with E-state index in [1.807, 2.05) is 6.07 Å². The number of halogens is 4. The summed E-state index contributed by atoms with van der Waals surface area (Å²) in [5.41, 5.74) is 0.848. The Kier molecular flexibility index (Phi) is 3.75. The van der Waals surface area contributed by atoms with Gasteiger partial charge in [0.2, 0.25) is 0 Å². The van der Waals surface area contributed by atoms with Gasteiger partial charge in [0.1, 0.15) is 5.69 Å². The molecule has 118 valence electrons. The van der Waals surface area contributed by atoms with Crippen LogP contribution in [0.2, 0.25) is 0 Å². The van der Waals surface area contributed by atoms with Crippen LogP contribution in [0.15, 0.2) is 47.1 Å². The molecular formula is C16H10BrF3N2O. The minimum absolute atomic E-state index is 0.255. The van der Waals surface area contributed by atoms with Crippen molar-refractivity contribution in [2.45, 2.75) is 13.1 Å². The number of benzene rings is 1. The topological polar surface area (TPSA) is 34.4 Å². The Morgan fingerprint density at radius 2 is 1.96 bits per heavy atom. The van der Waals surface area contributed by atoms with Crippen LogP contribution in [-0.4, -0.2) is 15.4 Å². The predicted octanol–water partition coefficient (Wildman–Crippen LogP) is 4.99. The van der Waals surface area contributed by atoms with Gasteiger partial charge in [0.15, 0.2) is 5.78 Å². The summed E-state index contributed by atoms with van der Waals surface area (Å²) >= 11 is 3.33. The fraction of sp³-hybridized carbons (Fsp3) is 0.125. The van der Waals surface area contributed by atoms with Gasteiger partial charge in [-0.3, -0.25) is 4.79 Å². The number of ketones is 1. The van der Waals surface area contributed by atoms with E-state index >= 15 is 0 Å². The largest absolute Gasteiger partial charge is 0.417 e. The summed E-state index contributed by atoms with van der Waals surface area (Å²) in [7, 11) is 0. The Morgan fingerprint density at radius 1 is 1.22 bits per heavy atom. The number of Topliss-reactive ketones (excluding diaryl/α,β-unsaturated/α-hetero) is 1. The molecule has 0 aliphatic heterocycles. The molecule has 3 aromatic rings. The molecule has 0 bridgehead atoms. The standard InChI is InChI=1S/C16H10BrF3N2O/c1-9(23)14-13-6-5-11(16(18,19)20)8-22(13)21-15(14)10-3-2-4-12(17)7-10/h2-8H,1H3. The fourth-order valence-corrected chi connectivity index (χ4v) is 2.80. The number of rotatable bonds is 2. The number of aromatic nitrogens is 2. The molecule has 0 N–H and O–H groups in total. The van der Waals surface area contributed by atoms with Crippen LogP contribution in [0.4, 0.5) is 13.2 Å². The third kappa shape index (κ3) is 2.88. The molecule has 0 amide bonds. The predicted molar refractivity (Wildman–Crippen MR) is 83.3 cm³/mol. The zero-order valence-electron chi connectivity index (χ0n) is 11.9. The summed E-state index contributed by atoms with van der Waals surface area (Å²) in [6.07, 6.45) is -3.57. The maximum absolute atomic E-state index is 12.8. The molecule has 3 nitrogen and oxygen atoms in total. The number of carbonyl (C=O) groups excluding carboxylic acids is 1. The second-order valence-electron chi connectivity index (χ2n) is 5.04. The molecule has 7 heteroatoms. The van der Waals surface area contributed by atoms with Gasteiger partial charge in [-0.05, 0) is 31.2 Å². The number of fused-ring (bicyclic) bond motifs is 1. The third-order valence-electron chi connectivity index (χ3n) is 3.41. The molecule has 23 heavy (non-hydrogen) atoms. The smallest absolute Gasteiger partial charge is 0.294 e. The molecule has 1 aromatic carbocycles. The van der Waals surface area contributed by atoms with Crippen LogP contribution >= 0.6 is 15.9 Å². The van der Waals surface area contributed by atoms with E-state index in [-0.39, 0.29) is 5.78 Å². The zero-order chi connectivity index (χ0) is 16.8. The van der Waals surface area contributed by atoms with Gasteiger partial charge in [-0.25, -0.2) is 4.52 Å². The average Bonchev–Trinajstić information content (AvgIpc) is 2.84. The summed E-state index contributed by atoms with van der Waals surface area (Å²) < 4.78 is 40.4. The van der Waals surface area contributed by atoms with Gasteiger partial charge in [0, 0.05) is 16.2 Å². The maximum Gasteiger partial charge on any atom is 0.417 e. The van der Waals surface area contributed by atoms with E-state index in [4.69, 9.17) is 0 Å². The number of hydrogen-bond donors (Lipinski definition) is 0. The Labute approximate surface area is 137 Å². The van der Waals surface area contributed by atoms with E-state index in [0.29, 0.717) is 22.3 Å². The number of nitrogens with zero attached hydrogens (tertiary/aromatic N) is 2. The fourth-order valence-electron chi connectivity index (χ4n) is 2.40. The number of pyridine rings is 1. The molecule has 0 aliphatic rings. The molecule has 2 aromatic heterocycles. The molecule has 3 rings (SSSR count). The van der Waals surface area contributed by atoms with Gasteiger partial charge in [-0.15, -0.1) is 0 Å². The molecule has 0 saturated heterocycles. The minimum Gasteiger partial charge on any atom is -0.294 e. The lowest BCUT2D eigenvalue weighted by molar-refractivity contribution is -0.137. The van der Waals surface area contributed by atoms with Crippen LogP contribution in [0.3, 0.4) is 0 Å². The van der Waals surface area contributed by atoms with Crippen LogP contribution < -0.4 is 0 Å². The molecule has 0 fully saturated rings. The Hall–Kier alpha value is -2.15. The quantitative estimate of drug-likeness (QED) is 0.585. The van der Waals surface area contributed by atoms with E-state index in [9.17, 15) is 18.0 Å². The molecule has 0 spiro atoms. The SMILES string of the molecule is CC(=O)c1c(-c2cccc(Br)c2)nn2cc(C(F)(F)F)ccc12. The summed E-state index contributed by atoms with van der Waals surface area (Å²) in [6.45, 7) is 1.37. The zero-order valence-corrected chi connectivity index (χ0v) is 13.4. The lowest BCUT2D eigenvalue weighted by atomic mass is 10.0. The summed E-state index contributed by atoms with van der Waals surface area (Å²) in [5, 5.41) is 4.19. The monoisotopic (exact) mass is 382 g/mol. The highest BCUT2D eigenvalue weighted by Gasteiger charge is 2.31. The number of hydrogen-bond acceptors (Lipinski definition) is 2. The second kappa shape index (κ2) is 5.49. The first kappa shape index (κ1) is 15.7. The lowest BCUT2D eigenvalue weighted by Gasteiger charge is -2.06. The first-order valence-corrected chi connectivity index (χ1v) is 7.43. The van der Waals surface area contributed by atoms with Crippen LogP contribution in [0.5, 0.6) is 0 Å². The number of carbonyl (C=O) groups is 1. The summed E-state index contributed by atoms with van der Waals surface area (Å²) in [5.74, 6) is -0.255. The van der Waals surface area contributed by atoms with Gasteiger partial charge < -0.3 is 0 Å².